The molecule has 1 N–H and O–H groups in total. The molecule has 1 saturated heterocycles. The van der Waals surface area contributed by atoms with E-state index in [1.807, 2.05) is 6.92 Å². The zero-order chi connectivity index (χ0) is 9.24. The van der Waals surface area contributed by atoms with E-state index in [9.17, 15) is 4.80 Å². The maximum Gasteiger partial charge on any atom is 0.676 e. The Hall–Kier alpha value is 0.0169. The molecule has 12 heavy (non-hydrogen) atoms. The zero-order valence-electron chi connectivity index (χ0n) is 7.49. The Labute approximate surface area is 72.7 Å². The van der Waals surface area contributed by atoms with Gasteiger partial charge in [-0.3, -0.25) is 0 Å². The third-order valence-corrected chi connectivity index (χ3v) is 3.25. The quantitative estimate of drug-likeness (QED) is 0.473. The molecule has 0 aliphatic carbocycles. The summed E-state index contributed by atoms with van der Waals surface area (Å²) in [5.74, 6) is 0. The average Bonchev–Trinajstić information content (AvgIpc) is 2.81. The van der Waals surface area contributed by atoms with E-state index >= 15 is 0 Å². The summed E-state index contributed by atoms with van der Waals surface area (Å²) in [5.41, 5.74) is -0.252. The van der Waals surface area contributed by atoms with Crippen LogP contribution in [0.4, 0.5) is 0 Å². The van der Waals surface area contributed by atoms with Crippen molar-refractivity contribution in [3.63, 3.8) is 0 Å². The van der Waals surface area contributed by atoms with Gasteiger partial charge in [0.15, 0.2) is 0 Å². The summed E-state index contributed by atoms with van der Waals surface area (Å²) in [7, 11) is -0.641. The minimum atomic E-state index is -3.35. The van der Waals surface area contributed by atoms with Gasteiger partial charge in [0.1, 0.15) is 5.60 Å². The average molecular weight is 194 g/mol. The highest BCUT2D eigenvalue weighted by Crippen LogP contribution is 2.26. The zero-order valence-corrected chi connectivity index (χ0v) is 8.49. The van der Waals surface area contributed by atoms with Gasteiger partial charge in [0.25, 0.3) is 0 Å². The van der Waals surface area contributed by atoms with E-state index in [0.717, 1.165) is 0 Å². The summed E-state index contributed by atoms with van der Waals surface area (Å²) in [6.07, 6.45) is 0. The topological polar surface area (TPSA) is 60.5 Å². The van der Waals surface area contributed by atoms with Crippen LogP contribution in [0.15, 0.2) is 0 Å². The van der Waals surface area contributed by atoms with Gasteiger partial charge in [0.2, 0.25) is 0 Å². The van der Waals surface area contributed by atoms with E-state index in [0.29, 0.717) is 13.2 Å². The van der Waals surface area contributed by atoms with E-state index in [1.165, 1.54) is 14.2 Å². The summed E-state index contributed by atoms with van der Waals surface area (Å²) >= 11 is 0. The van der Waals surface area contributed by atoms with E-state index in [2.05, 4.69) is 0 Å². The first kappa shape index (κ1) is 10.1. The van der Waals surface area contributed by atoms with E-state index in [4.69, 9.17) is 18.0 Å². The SMILES string of the molecule is CO[Si](O)(OC)OCC1(C)CO1. The highest BCUT2D eigenvalue weighted by Gasteiger charge is 2.46. The fourth-order valence-corrected chi connectivity index (χ4v) is 1.54. The van der Waals surface area contributed by atoms with Crippen molar-refractivity contribution in [3.8, 4) is 0 Å². The Balaban J connectivity index is 2.28. The van der Waals surface area contributed by atoms with E-state index in [1.54, 1.807) is 0 Å². The smallest absolute Gasteiger partial charge is 0.367 e. The Morgan fingerprint density at radius 2 is 2.00 bits per heavy atom. The van der Waals surface area contributed by atoms with Crippen LogP contribution in [0.1, 0.15) is 6.92 Å². The predicted molar refractivity (Wildman–Crippen MR) is 42.3 cm³/mol. The molecule has 0 spiro atoms. The molecule has 1 unspecified atom stereocenters. The molecular weight excluding hydrogens is 180 g/mol. The number of rotatable bonds is 5. The molecule has 72 valence electrons. The summed E-state index contributed by atoms with van der Waals surface area (Å²) in [4.78, 5) is 9.44. The molecule has 1 fully saturated rings. The monoisotopic (exact) mass is 194 g/mol. The van der Waals surface area contributed by atoms with Gasteiger partial charge >= 0.3 is 9.05 Å². The maximum absolute atomic E-state index is 9.44. The van der Waals surface area contributed by atoms with Crippen LogP contribution in [0.5, 0.6) is 0 Å². The van der Waals surface area contributed by atoms with Crippen molar-refractivity contribution < 1.29 is 22.8 Å². The lowest BCUT2D eigenvalue weighted by molar-refractivity contribution is 0.00932. The molecule has 1 aliphatic heterocycles. The number of hydrogen-bond acceptors (Lipinski definition) is 5. The minimum absolute atomic E-state index is 0.252. The highest BCUT2D eigenvalue weighted by atomic mass is 28.4. The van der Waals surface area contributed by atoms with Gasteiger partial charge in [-0.1, -0.05) is 0 Å². The standard InChI is InChI=1S/C6H14O5Si/c1-6(4-10-6)5-11-12(7,8-2)9-3/h7H,4-5H2,1-3H3. The third-order valence-electron chi connectivity index (χ3n) is 1.71. The largest absolute Gasteiger partial charge is 0.676 e. The van der Waals surface area contributed by atoms with Crippen LogP contribution >= 0.6 is 0 Å². The Kier molecular flexibility index (Phi) is 2.87. The second-order valence-electron chi connectivity index (χ2n) is 2.96. The van der Waals surface area contributed by atoms with Crippen LogP contribution in [0.2, 0.25) is 0 Å². The molecule has 0 radical (unpaired) electrons. The van der Waals surface area contributed by atoms with Gasteiger partial charge in [-0.25, -0.2) is 0 Å². The van der Waals surface area contributed by atoms with Crippen molar-refractivity contribution in [1.82, 2.24) is 0 Å². The van der Waals surface area contributed by atoms with Gasteiger partial charge in [-0.05, 0) is 6.92 Å². The fraction of sp³-hybridized carbons (Fsp3) is 1.00. The predicted octanol–water partition coefficient (Wildman–Crippen LogP) is -0.487. The van der Waals surface area contributed by atoms with Crippen molar-refractivity contribution in [2.45, 2.75) is 12.5 Å². The number of ether oxygens (including phenoxy) is 1. The molecule has 0 amide bonds. The molecule has 5 nitrogen and oxygen atoms in total. The van der Waals surface area contributed by atoms with Crippen LogP contribution in [0.3, 0.4) is 0 Å². The molecule has 1 heterocycles. The number of epoxide rings is 1. The summed E-state index contributed by atoms with van der Waals surface area (Å²) < 4.78 is 19.5. The van der Waals surface area contributed by atoms with Crippen LogP contribution in [0, 0.1) is 0 Å². The summed E-state index contributed by atoms with van der Waals surface area (Å²) in [5, 5.41) is 0. The Bertz CT molecular complexity index is 154. The van der Waals surface area contributed by atoms with Crippen molar-refractivity contribution in [3.05, 3.63) is 0 Å². The molecule has 1 atom stereocenters. The number of hydrogen-bond donors (Lipinski definition) is 1. The van der Waals surface area contributed by atoms with Crippen molar-refractivity contribution >= 4 is 9.05 Å². The van der Waals surface area contributed by atoms with Crippen LogP contribution in [-0.2, 0) is 18.0 Å². The molecule has 1 aliphatic rings. The van der Waals surface area contributed by atoms with Crippen LogP contribution in [0.25, 0.3) is 0 Å². The van der Waals surface area contributed by atoms with Crippen molar-refractivity contribution in [2.24, 2.45) is 0 Å². The first-order valence-corrected chi connectivity index (χ1v) is 5.31. The van der Waals surface area contributed by atoms with Gasteiger partial charge in [-0.15, -0.1) is 0 Å². The van der Waals surface area contributed by atoms with Crippen LogP contribution in [-0.4, -0.2) is 46.9 Å². The molecule has 0 aromatic carbocycles. The normalized spacial score (nSPS) is 29.0. The first-order valence-electron chi connectivity index (χ1n) is 3.64. The van der Waals surface area contributed by atoms with Gasteiger partial charge in [0.05, 0.1) is 13.2 Å². The summed E-state index contributed by atoms with van der Waals surface area (Å²) in [6, 6.07) is 0. The lowest BCUT2D eigenvalue weighted by Crippen LogP contribution is -2.46. The lowest BCUT2D eigenvalue weighted by atomic mass is 10.2. The van der Waals surface area contributed by atoms with Crippen molar-refractivity contribution in [2.75, 3.05) is 27.4 Å². The fourth-order valence-electron chi connectivity index (χ4n) is 0.652. The highest BCUT2D eigenvalue weighted by molar-refractivity contribution is 6.51. The minimum Gasteiger partial charge on any atom is -0.367 e. The molecule has 0 saturated carbocycles. The third kappa shape index (κ3) is 2.51. The molecule has 6 heteroatoms. The second kappa shape index (κ2) is 3.41. The summed E-state index contributed by atoms with van der Waals surface area (Å²) in [6.45, 7) is 2.86. The Morgan fingerprint density at radius 3 is 2.33 bits per heavy atom. The molecule has 0 bridgehead atoms. The van der Waals surface area contributed by atoms with Gasteiger partial charge < -0.3 is 22.8 Å². The van der Waals surface area contributed by atoms with E-state index < -0.39 is 9.05 Å². The van der Waals surface area contributed by atoms with Gasteiger partial charge in [-0.2, -0.15) is 0 Å². The van der Waals surface area contributed by atoms with Crippen LogP contribution < -0.4 is 0 Å². The first-order chi connectivity index (χ1) is 5.54. The second-order valence-corrected chi connectivity index (χ2v) is 5.11. The molecular formula is C6H14O5Si. The Morgan fingerprint density at radius 1 is 1.50 bits per heavy atom. The van der Waals surface area contributed by atoms with E-state index in [-0.39, 0.29) is 5.60 Å². The van der Waals surface area contributed by atoms with Gasteiger partial charge in [0, 0.05) is 14.2 Å². The molecule has 0 aromatic rings. The molecule has 0 aromatic heterocycles. The lowest BCUT2D eigenvalue weighted by Gasteiger charge is -2.19. The van der Waals surface area contributed by atoms with Crippen molar-refractivity contribution in [1.29, 1.82) is 0 Å². The molecule has 1 rings (SSSR count). The maximum atomic E-state index is 9.44.